The van der Waals surface area contributed by atoms with Crippen LogP contribution in [0.15, 0.2) is 12.1 Å². The molecule has 0 aromatic heterocycles. The third-order valence-corrected chi connectivity index (χ3v) is 2.16. The van der Waals surface area contributed by atoms with E-state index in [4.69, 9.17) is 19.9 Å². The lowest BCUT2D eigenvalue weighted by molar-refractivity contribution is 0.0277. The van der Waals surface area contributed by atoms with E-state index < -0.39 is 0 Å². The number of benzene rings is 1. The predicted molar refractivity (Wildman–Crippen MR) is 55.0 cm³/mol. The maximum atomic E-state index is 9.03. The molecule has 0 saturated carbocycles. The molecule has 15 heavy (non-hydrogen) atoms. The second-order valence-corrected chi connectivity index (χ2v) is 2.98. The lowest BCUT2D eigenvalue weighted by Gasteiger charge is -2.17. The van der Waals surface area contributed by atoms with Crippen molar-refractivity contribution < 1.29 is 19.9 Å². The molecule has 0 saturated heterocycles. The van der Waals surface area contributed by atoms with Crippen LogP contribution in [0.3, 0.4) is 0 Å². The fourth-order valence-corrected chi connectivity index (χ4v) is 1.41. The van der Waals surface area contributed by atoms with E-state index >= 15 is 0 Å². The number of hydrogen-bond donors (Lipinski definition) is 2. The van der Waals surface area contributed by atoms with Crippen molar-refractivity contribution in [2.45, 2.75) is 13.3 Å². The Morgan fingerprint density at radius 1 is 1.20 bits per heavy atom. The molecular formula is C10H15NO4. The van der Waals surface area contributed by atoms with Crippen LogP contribution in [-0.4, -0.2) is 24.6 Å². The van der Waals surface area contributed by atoms with Crippen LogP contribution in [0, 0.1) is 0 Å². The Balaban J connectivity index is 3.32. The van der Waals surface area contributed by atoms with Gasteiger partial charge in [-0.05, 0) is 18.1 Å². The number of nitrogens with zero attached hydrogens (tertiary/aromatic N) is 1. The van der Waals surface area contributed by atoms with Gasteiger partial charge in [0.25, 0.3) is 0 Å². The van der Waals surface area contributed by atoms with Gasteiger partial charge in [0.1, 0.15) is 11.4 Å². The highest BCUT2D eigenvalue weighted by atomic mass is 16.8. The molecule has 0 amide bonds. The highest BCUT2D eigenvalue weighted by Crippen LogP contribution is 2.35. The Bertz CT molecular complexity index is 338. The van der Waals surface area contributed by atoms with Crippen LogP contribution in [0.4, 0.5) is 5.69 Å². The van der Waals surface area contributed by atoms with Gasteiger partial charge in [0, 0.05) is 6.07 Å². The number of rotatable bonds is 4. The Labute approximate surface area is 88.4 Å². The van der Waals surface area contributed by atoms with Gasteiger partial charge in [0.15, 0.2) is 5.75 Å². The van der Waals surface area contributed by atoms with Gasteiger partial charge in [-0.15, -0.1) is 5.23 Å². The zero-order chi connectivity index (χ0) is 11.4. The molecule has 0 unspecified atom stereocenters. The number of methoxy groups -OCH3 is 2. The van der Waals surface area contributed by atoms with Crippen LogP contribution in [0.2, 0.25) is 0 Å². The molecule has 0 atom stereocenters. The van der Waals surface area contributed by atoms with Crippen molar-refractivity contribution in [2.75, 3.05) is 19.4 Å². The third-order valence-electron chi connectivity index (χ3n) is 2.16. The van der Waals surface area contributed by atoms with E-state index in [1.807, 2.05) is 6.92 Å². The minimum Gasteiger partial charge on any atom is -0.497 e. The van der Waals surface area contributed by atoms with Crippen LogP contribution in [-0.2, 0) is 6.42 Å². The molecule has 0 spiro atoms. The summed E-state index contributed by atoms with van der Waals surface area (Å²) in [4.78, 5) is 0. The number of anilines is 1. The highest BCUT2D eigenvalue weighted by Gasteiger charge is 2.14. The molecule has 84 valence electrons. The topological polar surface area (TPSA) is 62.2 Å². The molecule has 1 aromatic carbocycles. The highest BCUT2D eigenvalue weighted by molar-refractivity contribution is 5.62. The largest absolute Gasteiger partial charge is 0.497 e. The van der Waals surface area contributed by atoms with E-state index in [-0.39, 0.29) is 10.9 Å². The van der Waals surface area contributed by atoms with Crippen LogP contribution in [0.5, 0.6) is 11.5 Å². The van der Waals surface area contributed by atoms with E-state index in [0.29, 0.717) is 17.9 Å². The zero-order valence-corrected chi connectivity index (χ0v) is 9.02. The molecule has 0 heterocycles. The van der Waals surface area contributed by atoms with E-state index in [1.54, 1.807) is 6.07 Å². The molecule has 0 radical (unpaired) electrons. The van der Waals surface area contributed by atoms with E-state index in [1.165, 1.54) is 20.3 Å². The normalized spacial score (nSPS) is 9.93. The first-order chi connectivity index (χ1) is 7.13. The molecule has 1 aromatic rings. The Kier molecular flexibility index (Phi) is 3.76. The summed E-state index contributed by atoms with van der Waals surface area (Å²) in [6.07, 6.45) is 0.710. The van der Waals surface area contributed by atoms with Crippen LogP contribution in [0.25, 0.3) is 0 Å². The Morgan fingerprint density at radius 2 is 1.87 bits per heavy atom. The van der Waals surface area contributed by atoms with Crippen molar-refractivity contribution in [3.8, 4) is 11.5 Å². The molecule has 5 nitrogen and oxygen atoms in total. The molecule has 0 fully saturated rings. The molecule has 0 aliphatic rings. The SMILES string of the molecule is CCc1cc(OC)cc(N(O)O)c1OC. The summed E-state index contributed by atoms with van der Waals surface area (Å²) in [5.74, 6) is 0.985. The Hall–Kier alpha value is -1.46. The average molecular weight is 213 g/mol. The number of hydrogen-bond acceptors (Lipinski definition) is 5. The van der Waals surface area contributed by atoms with Crippen LogP contribution in [0.1, 0.15) is 12.5 Å². The maximum absolute atomic E-state index is 9.03. The molecule has 1 rings (SSSR count). The monoisotopic (exact) mass is 213 g/mol. The average Bonchev–Trinajstić information content (AvgIpc) is 2.26. The number of aryl methyl sites for hydroxylation is 1. The summed E-state index contributed by atoms with van der Waals surface area (Å²) < 4.78 is 10.2. The summed E-state index contributed by atoms with van der Waals surface area (Å²) in [6.45, 7) is 1.94. The van der Waals surface area contributed by atoms with Crippen molar-refractivity contribution >= 4 is 5.69 Å². The molecule has 0 bridgehead atoms. The maximum Gasteiger partial charge on any atom is 0.150 e. The van der Waals surface area contributed by atoms with Gasteiger partial charge < -0.3 is 9.47 Å². The minimum absolute atomic E-state index is 0.0283. The van der Waals surface area contributed by atoms with Gasteiger partial charge >= 0.3 is 0 Å². The zero-order valence-electron chi connectivity index (χ0n) is 9.02. The minimum atomic E-state index is 0.0283. The molecule has 2 N–H and O–H groups in total. The summed E-state index contributed by atoms with van der Waals surface area (Å²) in [7, 11) is 3.00. The van der Waals surface area contributed by atoms with Crippen molar-refractivity contribution in [1.82, 2.24) is 0 Å². The van der Waals surface area contributed by atoms with E-state index in [2.05, 4.69) is 0 Å². The van der Waals surface area contributed by atoms with E-state index in [9.17, 15) is 0 Å². The number of ether oxygens (including phenoxy) is 2. The fourth-order valence-electron chi connectivity index (χ4n) is 1.41. The molecule has 0 aliphatic heterocycles. The van der Waals surface area contributed by atoms with Crippen molar-refractivity contribution in [3.05, 3.63) is 17.7 Å². The van der Waals surface area contributed by atoms with Gasteiger partial charge in [-0.3, -0.25) is 10.4 Å². The smallest absolute Gasteiger partial charge is 0.150 e. The quantitative estimate of drug-likeness (QED) is 0.747. The van der Waals surface area contributed by atoms with Gasteiger partial charge in [-0.1, -0.05) is 6.92 Å². The van der Waals surface area contributed by atoms with E-state index in [0.717, 1.165) is 5.56 Å². The van der Waals surface area contributed by atoms with Crippen molar-refractivity contribution in [1.29, 1.82) is 0 Å². The second kappa shape index (κ2) is 4.86. The predicted octanol–water partition coefficient (Wildman–Crippen LogP) is 1.85. The first-order valence-corrected chi connectivity index (χ1v) is 4.56. The first kappa shape index (κ1) is 11.6. The second-order valence-electron chi connectivity index (χ2n) is 2.98. The van der Waals surface area contributed by atoms with Gasteiger partial charge in [0.05, 0.1) is 14.2 Å². The van der Waals surface area contributed by atoms with Gasteiger partial charge in [0.2, 0.25) is 0 Å². The van der Waals surface area contributed by atoms with Gasteiger partial charge in [-0.25, -0.2) is 0 Å². The van der Waals surface area contributed by atoms with Crippen molar-refractivity contribution in [2.24, 2.45) is 0 Å². The molecule has 5 heteroatoms. The third kappa shape index (κ3) is 2.31. The summed E-state index contributed by atoms with van der Waals surface area (Å²) in [5, 5.41) is 18.1. The molecule has 0 aliphatic carbocycles. The fraction of sp³-hybridized carbons (Fsp3) is 0.400. The van der Waals surface area contributed by atoms with Crippen LogP contribution < -0.4 is 14.7 Å². The lowest BCUT2D eigenvalue weighted by atomic mass is 10.1. The lowest BCUT2D eigenvalue weighted by Crippen LogP contribution is -2.13. The summed E-state index contributed by atoms with van der Waals surface area (Å²) in [5.41, 5.74) is 1.01. The Morgan fingerprint density at radius 3 is 2.27 bits per heavy atom. The van der Waals surface area contributed by atoms with Crippen LogP contribution >= 0.6 is 0 Å². The summed E-state index contributed by atoms with van der Waals surface area (Å²) in [6, 6.07) is 3.28. The standard InChI is InChI=1S/C10H15NO4/c1-4-7-5-8(14-2)6-9(11(12)13)10(7)15-3/h5-6,12-13H,4H2,1-3H3. The van der Waals surface area contributed by atoms with Gasteiger partial charge in [-0.2, -0.15) is 0 Å². The van der Waals surface area contributed by atoms with Crippen molar-refractivity contribution in [3.63, 3.8) is 0 Å². The molecular weight excluding hydrogens is 198 g/mol. The summed E-state index contributed by atoms with van der Waals surface area (Å²) >= 11 is 0. The first-order valence-electron chi connectivity index (χ1n) is 4.56.